The van der Waals surface area contributed by atoms with Gasteiger partial charge in [-0.25, -0.2) is 4.79 Å². The van der Waals surface area contributed by atoms with Crippen LogP contribution in [0.2, 0.25) is 0 Å². The van der Waals surface area contributed by atoms with Gasteiger partial charge in [0.25, 0.3) is 0 Å². The second-order valence-electron chi connectivity index (χ2n) is 6.29. The molecule has 1 aromatic rings. The van der Waals surface area contributed by atoms with E-state index in [1.807, 2.05) is 6.92 Å². The summed E-state index contributed by atoms with van der Waals surface area (Å²) in [5.41, 5.74) is 0.0978. The summed E-state index contributed by atoms with van der Waals surface area (Å²) in [6, 6.07) is 4.06. The van der Waals surface area contributed by atoms with Crippen LogP contribution >= 0.6 is 11.3 Å². The van der Waals surface area contributed by atoms with Crippen LogP contribution < -0.4 is 10.6 Å². The molecule has 1 saturated carbocycles. The van der Waals surface area contributed by atoms with Gasteiger partial charge in [-0.05, 0) is 31.2 Å². The van der Waals surface area contributed by atoms with Gasteiger partial charge < -0.3 is 10.6 Å². The Bertz CT molecular complexity index is 496. The first-order chi connectivity index (χ1) is 10.5. The molecule has 6 heteroatoms. The molecule has 2 atom stereocenters. The highest BCUT2D eigenvalue weighted by Crippen LogP contribution is 2.40. The number of carbonyl (C=O) groups excluding carboxylic acids is 1. The van der Waals surface area contributed by atoms with E-state index in [1.165, 1.54) is 24.1 Å². The van der Waals surface area contributed by atoms with Crippen LogP contribution in [0.15, 0.2) is 17.5 Å². The molecule has 1 aliphatic carbocycles. The Kier molecular flexibility index (Phi) is 6.44. The van der Waals surface area contributed by atoms with E-state index in [4.69, 9.17) is 0 Å². The van der Waals surface area contributed by atoms with Gasteiger partial charge >= 0.3 is 6.03 Å². The van der Waals surface area contributed by atoms with E-state index in [9.17, 15) is 9.00 Å². The van der Waals surface area contributed by atoms with Crippen molar-refractivity contribution in [2.75, 3.05) is 18.6 Å². The molecule has 1 fully saturated rings. The monoisotopic (exact) mass is 342 g/mol. The molecule has 0 aromatic carbocycles. The topological polar surface area (TPSA) is 58.2 Å². The zero-order chi connectivity index (χ0) is 16.0. The Morgan fingerprint density at radius 2 is 2.14 bits per heavy atom. The van der Waals surface area contributed by atoms with Crippen molar-refractivity contribution in [2.45, 2.75) is 50.5 Å². The van der Waals surface area contributed by atoms with Gasteiger partial charge in [0.2, 0.25) is 0 Å². The van der Waals surface area contributed by atoms with E-state index < -0.39 is 10.8 Å². The minimum absolute atomic E-state index is 0.0742. The number of hydrogen-bond donors (Lipinski definition) is 2. The van der Waals surface area contributed by atoms with Crippen molar-refractivity contribution in [2.24, 2.45) is 0 Å². The lowest BCUT2D eigenvalue weighted by Gasteiger charge is -2.37. The van der Waals surface area contributed by atoms with Gasteiger partial charge in [-0.1, -0.05) is 25.3 Å². The second-order valence-corrected chi connectivity index (χ2v) is 8.71. The molecule has 0 unspecified atom stereocenters. The van der Waals surface area contributed by atoms with Gasteiger partial charge in [0.15, 0.2) is 0 Å². The molecule has 0 radical (unpaired) electrons. The van der Waals surface area contributed by atoms with E-state index in [0.29, 0.717) is 12.3 Å². The highest BCUT2D eigenvalue weighted by Gasteiger charge is 2.35. The fourth-order valence-electron chi connectivity index (χ4n) is 3.24. The Morgan fingerprint density at radius 3 is 2.73 bits per heavy atom. The number of rotatable bonds is 6. The van der Waals surface area contributed by atoms with Gasteiger partial charge in [0.05, 0.1) is 0 Å². The summed E-state index contributed by atoms with van der Waals surface area (Å²) in [6.07, 6.45) is 7.69. The Morgan fingerprint density at radius 1 is 1.41 bits per heavy atom. The van der Waals surface area contributed by atoms with Crippen molar-refractivity contribution >= 4 is 28.2 Å². The molecule has 2 N–H and O–H groups in total. The van der Waals surface area contributed by atoms with Crippen molar-refractivity contribution in [3.63, 3.8) is 0 Å². The first kappa shape index (κ1) is 17.5. The predicted octanol–water partition coefficient (Wildman–Crippen LogP) is 3.02. The Balaban J connectivity index is 1.92. The maximum Gasteiger partial charge on any atom is 0.315 e. The molecule has 2 amide bonds. The minimum atomic E-state index is -0.894. The molecule has 0 saturated heterocycles. The summed E-state index contributed by atoms with van der Waals surface area (Å²) < 4.78 is 11.2. The Labute approximate surface area is 139 Å². The van der Waals surface area contributed by atoms with Crippen LogP contribution in [-0.2, 0) is 16.2 Å². The Hall–Kier alpha value is -0.880. The normalized spacial score (nSPS) is 20.1. The van der Waals surface area contributed by atoms with E-state index in [0.717, 1.165) is 12.8 Å². The molecular formula is C16H26N2O2S2. The van der Waals surface area contributed by atoms with Crippen LogP contribution in [0.25, 0.3) is 0 Å². The van der Waals surface area contributed by atoms with Crippen LogP contribution in [0.1, 0.15) is 43.9 Å². The van der Waals surface area contributed by atoms with Crippen LogP contribution in [0, 0.1) is 0 Å². The van der Waals surface area contributed by atoms with Crippen molar-refractivity contribution in [3.8, 4) is 0 Å². The smallest absolute Gasteiger partial charge is 0.315 e. The standard InChI is InChI=1S/C16H26N2O2S2/c1-13(11-22(2)20)18-15(19)17-12-16(8-4-3-5-9-16)14-7-6-10-21-14/h6-7,10,13H,3-5,8-9,11-12H2,1-2H3,(H2,17,18,19)/t13-,22+/m1/s1. The predicted molar refractivity (Wildman–Crippen MR) is 94.0 cm³/mol. The van der Waals surface area contributed by atoms with Gasteiger partial charge in [0.1, 0.15) is 0 Å². The van der Waals surface area contributed by atoms with E-state index in [2.05, 4.69) is 28.1 Å². The fraction of sp³-hybridized carbons (Fsp3) is 0.688. The van der Waals surface area contributed by atoms with Gasteiger partial charge in [-0.3, -0.25) is 4.21 Å². The minimum Gasteiger partial charge on any atom is -0.337 e. The molecule has 22 heavy (non-hydrogen) atoms. The maximum absolute atomic E-state index is 12.1. The first-order valence-electron chi connectivity index (χ1n) is 7.90. The largest absolute Gasteiger partial charge is 0.337 e. The number of urea groups is 1. The average Bonchev–Trinajstić information content (AvgIpc) is 3.00. The molecule has 1 heterocycles. The number of thiophene rings is 1. The van der Waals surface area contributed by atoms with E-state index in [1.54, 1.807) is 17.6 Å². The van der Waals surface area contributed by atoms with Crippen LogP contribution in [0.3, 0.4) is 0 Å². The van der Waals surface area contributed by atoms with Crippen LogP contribution in [-0.4, -0.2) is 34.8 Å². The lowest BCUT2D eigenvalue weighted by atomic mass is 9.73. The molecule has 0 aliphatic heterocycles. The molecule has 1 aliphatic rings. The first-order valence-corrected chi connectivity index (χ1v) is 10.5. The van der Waals surface area contributed by atoms with E-state index in [-0.39, 0.29) is 17.5 Å². The summed E-state index contributed by atoms with van der Waals surface area (Å²) in [4.78, 5) is 13.5. The SMILES string of the molecule is C[C@H](C[S@](C)=O)NC(=O)NCC1(c2cccs2)CCCCC1. The summed E-state index contributed by atoms with van der Waals surface area (Å²) in [7, 11) is -0.894. The van der Waals surface area contributed by atoms with Crippen molar-refractivity contribution < 1.29 is 9.00 Å². The second kappa shape index (κ2) is 8.11. The molecule has 4 nitrogen and oxygen atoms in total. The molecule has 0 bridgehead atoms. The lowest BCUT2D eigenvalue weighted by molar-refractivity contribution is 0.228. The van der Waals surface area contributed by atoms with Gasteiger partial charge in [0, 0.05) is 45.7 Å². The van der Waals surface area contributed by atoms with Gasteiger partial charge in [-0.2, -0.15) is 0 Å². The highest BCUT2D eigenvalue weighted by atomic mass is 32.2. The molecule has 2 rings (SSSR count). The van der Waals surface area contributed by atoms with Crippen molar-refractivity contribution in [1.82, 2.24) is 10.6 Å². The van der Waals surface area contributed by atoms with E-state index >= 15 is 0 Å². The summed E-state index contributed by atoms with van der Waals surface area (Å²) in [5.74, 6) is 0.490. The van der Waals surface area contributed by atoms with Crippen molar-refractivity contribution in [3.05, 3.63) is 22.4 Å². The molecular weight excluding hydrogens is 316 g/mol. The fourth-order valence-corrected chi connectivity index (χ4v) is 5.01. The van der Waals surface area contributed by atoms with Gasteiger partial charge in [-0.15, -0.1) is 11.3 Å². The summed E-state index contributed by atoms with van der Waals surface area (Å²) in [6.45, 7) is 2.57. The van der Waals surface area contributed by atoms with Crippen molar-refractivity contribution in [1.29, 1.82) is 0 Å². The number of amides is 2. The molecule has 0 spiro atoms. The molecule has 1 aromatic heterocycles. The zero-order valence-corrected chi connectivity index (χ0v) is 15.0. The number of hydrogen-bond acceptors (Lipinski definition) is 3. The zero-order valence-electron chi connectivity index (χ0n) is 13.4. The maximum atomic E-state index is 12.1. The highest BCUT2D eigenvalue weighted by molar-refractivity contribution is 7.84. The van der Waals surface area contributed by atoms with Crippen LogP contribution in [0.4, 0.5) is 4.79 Å². The quantitative estimate of drug-likeness (QED) is 0.835. The number of carbonyl (C=O) groups is 1. The lowest BCUT2D eigenvalue weighted by Crippen LogP contribution is -2.48. The third-order valence-corrected chi connectivity index (χ3v) is 6.39. The summed E-state index contributed by atoms with van der Waals surface area (Å²) in [5, 5.41) is 8.03. The average molecular weight is 343 g/mol. The van der Waals surface area contributed by atoms with Crippen LogP contribution in [0.5, 0.6) is 0 Å². The number of nitrogens with one attached hydrogen (secondary N) is 2. The molecule has 124 valence electrons. The third kappa shape index (κ3) is 4.81. The third-order valence-electron chi connectivity index (χ3n) is 4.30. The summed E-state index contributed by atoms with van der Waals surface area (Å²) >= 11 is 1.79.